The highest BCUT2D eigenvalue weighted by atomic mass is 35.6. The molecule has 74 valence electrons. The second-order valence-corrected chi connectivity index (χ2v) is 10.3. The van der Waals surface area contributed by atoms with Crippen LogP contribution in [0.5, 0.6) is 0 Å². The Labute approximate surface area is 77.8 Å². The molecule has 0 aromatic rings. The maximum Gasteiger partial charge on any atom is 0.261 e. The minimum Gasteiger partial charge on any atom is -0.376 e. The lowest BCUT2D eigenvalue weighted by molar-refractivity contribution is 0.0178. The van der Waals surface area contributed by atoms with Gasteiger partial charge in [-0.25, -0.2) is 8.78 Å². The van der Waals surface area contributed by atoms with Crippen LogP contribution in [0.2, 0.25) is 19.1 Å². The Morgan fingerprint density at radius 1 is 1.42 bits per heavy atom. The molecule has 0 spiro atoms. The van der Waals surface area contributed by atoms with Crippen LogP contribution in [-0.4, -0.2) is 27.0 Å². The van der Waals surface area contributed by atoms with E-state index in [2.05, 4.69) is 0 Å². The lowest BCUT2D eigenvalue weighted by Crippen LogP contribution is -2.16. The molecule has 0 atom stereocenters. The van der Waals surface area contributed by atoms with Crippen LogP contribution in [0.1, 0.15) is 6.42 Å². The molecule has 0 fully saturated rings. The van der Waals surface area contributed by atoms with E-state index in [1.165, 1.54) is 0 Å². The normalized spacial score (nSPS) is 12.5. The van der Waals surface area contributed by atoms with E-state index >= 15 is 0 Å². The first-order chi connectivity index (χ1) is 5.42. The second kappa shape index (κ2) is 5.88. The molecule has 0 saturated carbocycles. The van der Waals surface area contributed by atoms with Crippen molar-refractivity contribution in [1.82, 2.24) is 0 Å². The Hall–Kier alpha value is 0.327. The fourth-order valence-electron chi connectivity index (χ4n) is 0.767. The molecule has 0 heterocycles. The van der Waals surface area contributed by atoms with Crippen molar-refractivity contribution in [2.24, 2.45) is 0 Å². The number of alkyl halides is 2. The Balaban J connectivity index is 3.12. The van der Waals surface area contributed by atoms with Crippen molar-refractivity contribution < 1.29 is 13.5 Å². The molecule has 1 nitrogen and oxygen atoms in total. The van der Waals surface area contributed by atoms with Crippen molar-refractivity contribution in [3.05, 3.63) is 0 Å². The molecule has 0 unspecified atom stereocenters. The predicted octanol–water partition coefficient (Wildman–Crippen LogP) is 3.10. The van der Waals surface area contributed by atoms with Gasteiger partial charge in [-0.2, -0.15) is 11.1 Å². The Kier molecular flexibility index (Phi) is 6.05. The highest BCUT2D eigenvalue weighted by Gasteiger charge is 2.15. The smallest absolute Gasteiger partial charge is 0.261 e. The van der Waals surface area contributed by atoms with Gasteiger partial charge in [-0.05, 0) is 12.5 Å². The average Bonchev–Trinajstić information content (AvgIpc) is 1.83. The van der Waals surface area contributed by atoms with Crippen molar-refractivity contribution in [3.63, 3.8) is 0 Å². The maximum absolute atomic E-state index is 11.6. The van der Waals surface area contributed by atoms with Gasteiger partial charge in [0, 0.05) is 6.61 Å². The van der Waals surface area contributed by atoms with Crippen LogP contribution in [0, 0.1) is 0 Å². The van der Waals surface area contributed by atoms with E-state index in [-0.39, 0.29) is 0 Å². The minimum atomic E-state index is -2.36. The molecule has 0 aromatic heterocycles. The summed E-state index contributed by atoms with van der Waals surface area (Å²) < 4.78 is 27.8. The summed E-state index contributed by atoms with van der Waals surface area (Å²) in [4.78, 5) is 0. The third-order valence-electron chi connectivity index (χ3n) is 1.30. The van der Waals surface area contributed by atoms with Gasteiger partial charge in [-0.3, -0.25) is 0 Å². The standard InChI is InChI=1S/C7H15ClF2OSi/c1-12(2,8)5-3-4-11-6-7(9)10/h7H,3-6H2,1-2H3. The zero-order valence-electron chi connectivity index (χ0n) is 7.45. The van der Waals surface area contributed by atoms with Crippen molar-refractivity contribution in [1.29, 1.82) is 0 Å². The first-order valence-electron chi connectivity index (χ1n) is 3.96. The van der Waals surface area contributed by atoms with E-state index < -0.39 is 20.4 Å². The van der Waals surface area contributed by atoms with Crippen LogP contribution in [0.15, 0.2) is 0 Å². The highest BCUT2D eigenvalue weighted by Crippen LogP contribution is 2.15. The molecule has 0 radical (unpaired) electrons. The van der Waals surface area contributed by atoms with Gasteiger partial charge >= 0.3 is 0 Å². The predicted molar refractivity (Wildman–Crippen MR) is 49.6 cm³/mol. The van der Waals surface area contributed by atoms with Crippen LogP contribution >= 0.6 is 11.1 Å². The third-order valence-corrected chi connectivity index (χ3v) is 3.41. The van der Waals surface area contributed by atoms with Crippen molar-refractivity contribution in [3.8, 4) is 0 Å². The van der Waals surface area contributed by atoms with Gasteiger partial charge in [0.25, 0.3) is 6.43 Å². The summed E-state index contributed by atoms with van der Waals surface area (Å²) in [5.41, 5.74) is 0. The molecular formula is C7H15ClF2OSi. The first kappa shape index (κ1) is 12.3. The summed E-state index contributed by atoms with van der Waals surface area (Å²) in [5.74, 6) is 0. The molecule has 0 aromatic carbocycles. The summed E-state index contributed by atoms with van der Waals surface area (Å²) in [6.45, 7) is 4.00. The first-order valence-corrected chi connectivity index (χ1v) is 8.18. The van der Waals surface area contributed by atoms with Gasteiger partial charge in [-0.1, -0.05) is 13.1 Å². The van der Waals surface area contributed by atoms with E-state index in [1.54, 1.807) is 0 Å². The summed E-state index contributed by atoms with van der Waals surface area (Å²) in [6, 6.07) is 0.914. The molecular weight excluding hydrogens is 202 g/mol. The van der Waals surface area contributed by atoms with Gasteiger partial charge in [0.15, 0.2) is 7.38 Å². The van der Waals surface area contributed by atoms with Crippen LogP contribution in [-0.2, 0) is 4.74 Å². The van der Waals surface area contributed by atoms with E-state index in [0.29, 0.717) is 6.61 Å². The van der Waals surface area contributed by atoms with Gasteiger partial charge in [0.2, 0.25) is 0 Å². The summed E-state index contributed by atoms with van der Waals surface area (Å²) in [6.07, 6.45) is -1.57. The number of hydrogen-bond donors (Lipinski definition) is 0. The van der Waals surface area contributed by atoms with Crippen LogP contribution in [0.4, 0.5) is 8.78 Å². The molecule has 0 rings (SSSR count). The molecule has 0 aliphatic carbocycles. The lowest BCUT2D eigenvalue weighted by atomic mass is 10.5. The SMILES string of the molecule is C[Si](C)(Cl)CCCOCC(F)F. The van der Waals surface area contributed by atoms with Crippen molar-refractivity contribution in [2.45, 2.75) is 32.0 Å². The van der Waals surface area contributed by atoms with E-state index in [1.807, 2.05) is 13.1 Å². The average molecular weight is 217 g/mol. The molecule has 0 bridgehead atoms. The zero-order chi connectivity index (χ0) is 9.61. The monoisotopic (exact) mass is 216 g/mol. The second-order valence-electron chi connectivity index (χ2n) is 3.29. The van der Waals surface area contributed by atoms with Crippen LogP contribution in [0.3, 0.4) is 0 Å². The number of halogens is 3. The Bertz CT molecular complexity index is 116. The molecule has 0 amide bonds. The van der Waals surface area contributed by atoms with Crippen molar-refractivity contribution >= 4 is 18.5 Å². The Morgan fingerprint density at radius 3 is 2.42 bits per heavy atom. The largest absolute Gasteiger partial charge is 0.376 e. The van der Waals surface area contributed by atoms with Gasteiger partial charge < -0.3 is 4.74 Å². The number of rotatable bonds is 6. The Morgan fingerprint density at radius 2 is 2.00 bits per heavy atom. The van der Waals surface area contributed by atoms with Crippen LogP contribution in [0.25, 0.3) is 0 Å². The molecule has 0 saturated heterocycles. The van der Waals surface area contributed by atoms with E-state index in [0.717, 1.165) is 12.5 Å². The molecule has 0 N–H and O–H groups in total. The van der Waals surface area contributed by atoms with E-state index in [4.69, 9.17) is 15.8 Å². The molecule has 0 aliphatic heterocycles. The third kappa shape index (κ3) is 10.3. The lowest BCUT2D eigenvalue weighted by Gasteiger charge is -2.11. The fraction of sp³-hybridized carbons (Fsp3) is 1.00. The summed E-state index contributed by atoms with van der Waals surface area (Å²) in [5, 5.41) is 0. The van der Waals surface area contributed by atoms with Crippen LogP contribution < -0.4 is 0 Å². The van der Waals surface area contributed by atoms with E-state index in [9.17, 15) is 8.78 Å². The summed E-state index contributed by atoms with van der Waals surface area (Å²) in [7, 11) is -1.53. The van der Waals surface area contributed by atoms with Gasteiger partial charge in [-0.15, -0.1) is 0 Å². The molecule has 0 aliphatic rings. The topological polar surface area (TPSA) is 9.23 Å². The minimum absolute atomic E-state index is 0.396. The van der Waals surface area contributed by atoms with Crippen molar-refractivity contribution in [2.75, 3.05) is 13.2 Å². The highest BCUT2D eigenvalue weighted by molar-refractivity contribution is 7.19. The zero-order valence-corrected chi connectivity index (χ0v) is 9.20. The molecule has 5 heteroatoms. The quantitative estimate of drug-likeness (QED) is 0.377. The summed E-state index contributed by atoms with van der Waals surface area (Å²) >= 11 is 6.01. The molecule has 12 heavy (non-hydrogen) atoms. The number of hydrogen-bond acceptors (Lipinski definition) is 1. The van der Waals surface area contributed by atoms with Gasteiger partial charge in [0.05, 0.1) is 0 Å². The fourth-order valence-corrected chi connectivity index (χ4v) is 2.15. The number of ether oxygens (including phenoxy) is 1. The maximum atomic E-state index is 11.6. The van der Waals surface area contributed by atoms with Gasteiger partial charge in [0.1, 0.15) is 6.61 Å².